The molecule has 2 aromatic rings. The lowest BCUT2D eigenvalue weighted by Crippen LogP contribution is -2.38. The largest absolute Gasteiger partial charge is 0.357 e. The summed E-state index contributed by atoms with van der Waals surface area (Å²) in [4.78, 5) is 8.98. The van der Waals surface area contributed by atoms with E-state index in [0.29, 0.717) is 5.92 Å². The molecule has 0 aliphatic heterocycles. The molecule has 0 radical (unpaired) electrons. The van der Waals surface area contributed by atoms with Crippen molar-refractivity contribution in [2.75, 3.05) is 25.4 Å². The molecule has 2 N–H and O–H groups in total. The molecule has 0 aromatic carbocycles. The first kappa shape index (κ1) is 18.3. The average molecular weight is 369 g/mol. The van der Waals surface area contributed by atoms with Gasteiger partial charge in [-0.25, -0.2) is 4.98 Å². The second kappa shape index (κ2) is 10.7. The number of nitrogens with one attached hydrogen (secondary N) is 2. The van der Waals surface area contributed by atoms with Gasteiger partial charge in [0.2, 0.25) is 0 Å². The number of aliphatic imine (C=N–C) groups is 1. The van der Waals surface area contributed by atoms with Gasteiger partial charge in [0, 0.05) is 42.9 Å². The number of guanidine groups is 1. The molecule has 1 unspecified atom stereocenters. The van der Waals surface area contributed by atoms with Crippen molar-refractivity contribution in [3.63, 3.8) is 0 Å². The number of thiophene rings is 1. The van der Waals surface area contributed by atoms with Gasteiger partial charge in [0.15, 0.2) is 5.96 Å². The minimum absolute atomic E-state index is 0.456. The van der Waals surface area contributed by atoms with E-state index in [2.05, 4.69) is 46.3 Å². The molecule has 0 saturated carbocycles. The van der Waals surface area contributed by atoms with Crippen molar-refractivity contribution < 1.29 is 0 Å². The summed E-state index contributed by atoms with van der Waals surface area (Å²) in [7, 11) is 0. The topological polar surface area (TPSA) is 49.3 Å². The fraction of sp³-hybridized carbons (Fsp3) is 0.500. The summed E-state index contributed by atoms with van der Waals surface area (Å²) in [6, 6.07) is 2.18. The van der Waals surface area contributed by atoms with Crippen molar-refractivity contribution >= 4 is 40.4 Å². The molecule has 126 valence electrons. The summed E-state index contributed by atoms with van der Waals surface area (Å²) in [5.41, 5.74) is 1.37. The molecule has 0 fully saturated rings. The van der Waals surface area contributed by atoms with E-state index < -0.39 is 0 Å². The lowest BCUT2D eigenvalue weighted by atomic mass is 10.1. The molecule has 0 amide bonds. The van der Waals surface area contributed by atoms with E-state index in [4.69, 9.17) is 4.99 Å². The van der Waals surface area contributed by atoms with Crippen molar-refractivity contribution in [1.29, 1.82) is 0 Å². The minimum Gasteiger partial charge on any atom is -0.357 e. The molecule has 1 atom stereocenters. The molecule has 0 bridgehead atoms. The third kappa shape index (κ3) is 6.93. The molecule has 2 rings (SSSR count). The van der Waals surface area contributed by atoms with E-state index >= 15 is 0 Å². The van der Waals surface area contributed by atoms with Gasteiger partial charge in [-0.2, -0.15) is 11.3 Å². The fourth-order valence-electron chi connectivity index (χ4n) is 1.95. The predicted molar refractivity (Wildman–Crippen MR) is 104 cm³/mol. The van der Waals surface area contributed by atoms with E-state index in [0.717, 1.165) is 42.1 Å². The normalized spacial score (nSPS) is 13.0. The molecule has 0 aliphatic carbocycles. The molecular formula is C16H24N4S3. The van der Waals surface area contributed by atoms with Crippen molar-refractivity contribution in [3.05, 3.63) is 34.0 Å². The van der Waals surface area contributed by atoms with E-state index in [1.807, 2.05) is 23.3 Å². The van der Waals surface area contributed by atoms with E-state index in [9.17, 15) is 0 Å². The number of rotatable bonds is 9. The van der Waals surface area contributed by atoms with Crippen LogP contribution in [0.25, 0.3) is 0 Å². The Morgan fingerprint density at radius 2 is 2.30 bits per heavy atom. The van der Waals surface area contributed by atoms with Crippen LogP contribution in [-0.2, 0) is 0 Å². The van der Waals surface area contributed by atoms with Gasteiger partial charge in [0.1, 0.15) is 4.34 Å². The second-order valence-corrected chi connectivity index (χ2v) is 8.12. The molecule has 2 heterocycles. The standard InChI is InChI=1S/C16H24N4S3/c1-3-17-15(20-11-13(2)14-5-9-21-12-14)18-6-4-8-22-16-19-7-10-23-16/h5,7,9-10,12-13H,3-4,6,8,11H2,1-2H3,(H2,17,18,20). The maximum absolute atomic E-state index is 4.70. The third-order valence-electron chi connectivity index (χ3n) is 3.23. The fourth-order valence-corrected chi connectivity index (χ4v) is 4.38. The zero-order valence-corrected chi connectivity index (χ0v) is 16.1. The number of thiazole rings is 1. The highest BCUT2D eigenvalue weighted by molar-refractivity contribution is 8.00. The summed E-state index contributed by atoms with van der Waals surface area (Å²) in [6.07, 6.45) is 2.95. The first-order valence-electron chi connectivity index (χ1n) is 7.86. The highest BCUT2D eigenvalue weighted by Gasteiger charge is 2.06. The Balaban J connectivity index is 1.68. The first-order valence-corrected chi connectivity index (χ1v) is 10.7. The third-order valence-corrected chi connectivity index (χ3v) is 5.98. The molecule has 0 saturated heterocycles. The van der Waals surface area contributed by atoms with Gasteiger partial charge >= 0.3 is 0 Å². The zero-order valence-electron chi connectivity index (χ0n) is 13.6. The van der Waals surface area contributed by atoms with Crippen molar-refractivity contribution in [2.24, 2.45) is 4.99 Å². The summed E-state index contributed by atoms with van der Waals surface area (Å²) >= 11 is 5.26. The zero-order chi connectivity index (χ0) is 16.3. The number of hydrogen-bond donors (Lipinski definition) is 2. The summed E-state index contributed by atoms with van der Waals surface area (Å²) in [6.45, 7) is 6.93. The van der Waals surface area contributed by atoms with Crippen molar-refractivity contribution in [3.8, 4) is 0 Å². The second-order valence-electron chi connectivity index (χ2n) is 5.10. The molecule has 7 heteroatoms. The lowest BCUT2D eigenvalue weighted by molar-refractivity contribution is 0.745. The van der Waals surface area contributed by atoms with Gasteiger partial charge in [-0.1, -0.05) is 18.7 Å². The Morgan fingerprint density at radius 3 is 3.00 bits per heavy atom. The van der Waals surface area contributed by atoms with E-state index in [1.54, 1.807) is 22.7 Å². The van der Waals surface area contributed by atoms with Crippen molar-refractivity contribution in [1.82, 2.24) is 15.6 Å². The van der Waals surface area contributed by atoms with Crippen LogP contribution in [0.1, 0.15) is 31.7 Å². The van der Waals surface area contributed by atoms with Gasteiger partial charge in [-0.3, -0.25) is 4.99 Å². The molecule has 0 aliphatic rings. The smallest absolute Gasteiger partial charge is 0.191 e. The molecule has 4 nitrogen and oxygen atoms in total. The molecule has 2 aromatic heterocycles. The quantitative estimate of drug-likeness (QED) is 0.303. The van der Waals surface area contributed by atoms with Crippen LogP contribution in [0.3, 0.4) is 0 Å². The highest BCUT2D eigenvalue weighted by Crippen LogP contribution is 2.20. The SMILES string of the molecule is CCNC(=NCC(C)c1ccsc1)NCCCSc1nccs1. The van der Waals surface area contributed by atoms with Crippen LogP contribution in [0, 0.1) is 0 Å². The number of nitrogens with zero attached hydrogens (tertiary/aromatic N) is 2. The number of hydrogen-bond acceptors (Lipinski definition) is 5. The Morgan fingerprint density at radius 1 is 1.39 bits per heavy atom. The molecular weight excluding hydrogens is 344 g/mol. The lowest BCUT2D eigenvalue weighted by Gasteiger charge is -2.13. The predicted octanol–water partition coefficient (Wildman–Crippen LogP) is 4.05. The number of thioether (sulfide) groups is 1. The van der Waals surface area contributed by atoms with Crippen LogP contribution in [0.5, 0.6) is 0 Å². The van der Waals surface area contributed by atoms with Crippen LogP contribution >= 0.6 is 34.4 Å². The Labute approximate surface area is 150 Å². The average Bonchev–Trinajstić information content (AvgIpc) is 3.25. The van der Waals surface area contributed by atoms with Gasteiger partial charge in [0.25, 0.3) is 0 Å². The van der Waals surface area contributed by atoms with E-state index in [1.165, 1.54) is 5.56 Å². The maximum Gasteiger partial charge on any atom is 0.191 e. The van der Waals surface area contributed by atoms with Crippen LogP contribution in [-0.4, -0.2) is 36.3 Å². The highest BCUT2D eigenvalue weighted by atomic mass is 32.2. The van der Waals surface area contributed by atoms with Gasteiger partial charge in [-0.05, 0) is 35.7 Å². The summed E-state index contributed by atoms with van der Waals surface area (Å²) in [5, 5.41) is 13.1. The Kier molecular flexibility index (Phi) is 8.49. The van der Waals surface area contributed by atoms with Crippen LogP contribution < -0.4 is 10.6 Å². The van der Waals surface area contributed by atoms with Gasteiger partial charge in [0.05, 0.1) is 0 Å². The first-order chi connectivity index (χ1) is 11.3. The van der Waals surface area contributed by atoms with Crippen LogP contribution in [0.15, 0.2) is 37.7 Å². The van der Waals surface area contributed by atoms with Crippen LogP contribution in [0.2, 0.25) is 0 Å². The van der Waals surface area contributed by atoms with Gasteiger partial charge in [-0.15, -0.1) is 11.3 Å². The minimum atomic E-state index is 0.456. The van der Waals surface area contributed by atoms with Crippen molar-refractivity contribution in [2.45, 2.75) is 30.5 Å². The Hall–Kier alpha value is -1.05. The van der Waals surface area contributed by atoms with Gasteiger partial charge < -0.3 is 10.6 Å². The summed E-state index contributed by atoms with van der Waals surface area (Å²) < 4.78 is 1.15. The maximum atomic E-state index is 4.70. The number of aromatic nitrogens is 1. The monoisotopic (exact) mass is 368 g/mol. The van der Waals surface area contributed by atoms with Crippen LogP contribution in [0.4, 0.5) is 0 Å². The summed E-state index contributed by atoms with van der Waals surface area (Å²) in [5.74, 6) is 2.44. The van der Waals surface area contributed by atoms with E-state index in [-0.39, 0.29) is 0 Å². The Bertz CT molecular complexity index is 552. The molecule has 0 spiro atoms. The molecule has 23 heavy (non-hydrogen) atoms.